The summed E-state index contributed by atoms with van der Waals surface area (Å²) >= 11 is 5.26. The fourth-order valence-corrected chi connectivity index (χ4v) is 2.90. The summed E-state index contributed by atoms with van der Waals surface area (Å²) in [6.07, 6.45) is 12.0. The summed E-state index contributed by atoms with van der Waals surface area (Å²) in [5.74, 6) is 0. The molecule has 0 aromatic rings. The van der Waals surface area contributed by atoms with E-state index in [4.69, 9.17) is 17.0 Å². The van der Waals surface area contributed by atoms with Crippen molar-refractivity contribution in [3.8, 4) is 0 Å². The number of hydrogen-bond donors (Lipinski definition) is 2. The molecule has 0 aromatic heterocycles. The molecule has 21 heavy (non-hydrogen) atoms. The van der Waals surface area contributed by atoms with Crippen molar-refractivity contribution in [3.05, 3.63) is 11.6 Å². The molecule has 0 unspecified atom stereocenters. The molecule has 0 radical (unpaired) electrons. The van der Waals surface area contributed by atoms with Crippen LogP contribution >= 0.6 is 12.2 Å². The smallest absolute Gasteiger partial charge is 0.187 e. The van der Waals surface area contributed by atoms with Gasteiger partial charge >= 0.3 is 0 Å². The summed E-state index contributed by atoms with van der Waals surface area (Å²) in [7, 11) is 0. The predicted octanol–water partition coefficient (Wildman–Crippen LogP) is 3.29. The molecule has 1 fully saturated rings. The van der Waals surface area contributed by atoms with Crippen LogP contribution in [0.5, 0.6) is 0 Å². The lowest BCUT2D eigenvalue weighted by atomic mass is 10.1. The number of hydrogen-bond acceptors (Lipinski definition) is 3. The Hall–Kier alpha value is -0.940. The fraction of sp³-hybridized carbons (Fsp3) is 0.750. The Bertz CT molecular complexity index is 400. The molecular formula is C16H27N3OS. The molecule has 2 N–H and O–H groups in total. The third-order valence-corrected chi connectivity index (χ3v) is 4.23. The highest BCUT2D eigenvalue weighted by Crippen LogP contribution is 2.21. The Morgan fingerprint density at radius 2 is 2.38 bits per heavy atom. The zero-order valence-electron chi connectivity index (χ0n) is 13.0. The van der Waals surface area contributed by atoms with E-state index < -0.39 is 0 Å². The lowest BCUT2D eigenvalue weighted by Crippen LogP contribution is -2.37. The summed E-state index contributed by atoms with van der Waals surface area (Å²) in [6.45, 7) is 3.88. The molecule has 2 aliphatic rings. The van der Waals surface area contributed by atoms with Gasteiger partial charge in [0.2, 0.25) is 0 Å². The summed E-state index contributed by atoms with van der Waals surface area (Å²) in [6, 6.07) is 0. The molecule has 1 aliphatic heterocycles. The minimum atomic E-state index is 0.299. The van der Waals surface area contributed by atoms with E-state index >= 15 is 0 Å². The quantitative estimate of drug-likeness (QED) is 0.430. The first-order chi connectivity index (χ1) is 10.3. The Balaban J connectivity index is 1.69. The summed E-state index contributed by atoms with van der Waals surface area (Å²) in [5, 5.41) is 8.26. The normalized spacial score (nSPS) is 23.4. The van der Waals surface area contributed by atoms with E-state index in [1.165, 1.54) is 30.5 Å². The largest absolute Gasteiger partial charge is 0.376 e. The monoisotopic (exact) mass is 309 g/mol. The first kappa shape index (κ1) is 16.4. The van der Waals surface area contributed by atoms with Crippen LogP contribution in [-0.2, 0) is 4.74 Å². The topological polar surface area (TPSA) is 45.7 Å². The standard InChI is InChI=1S/C16H27N3OS/c1-2-3-4-7-13-8-5-10-15(13)18-19-16(21)17-12-14-9-6-11-20-14/h8,14H,2-7,9-12H2,1H3,(H2,17,19,21)/b18-15-/t14-/m1/s1. The van der Waals surface area contributed by atoms with E-state index in [0.717, 1.165) is 45.3 Å². The highest BCUT2D eigenvalue weighted by atomic mass is 32.1. The van der Waals surface area contributed by atoms with Crippen LogP contribution in [0.3, 0.4) is 0 Å². The maximum absolute atomic E-state index is 5.56. The number of thiocarbonyl (C=S) groups is 1. The average Bonchev–Trinajstić information content (AvgIpc) is 3.15. The predicted molar refractivity (Wildman–Crippen MR) is 91.6 cm³/mol. The van der Waals surface area contributed by atoms with Crippen molar-refractivity contribution in [2.75, 3.05) is 13.2 Å². The number of ether oxygens (including phenoxy) is 1. The van der Waals surface area contributed by atoms with E-state index in [1.54, 1.807) is 0 Å². The van der Waals surface area contributed by atoms with E-state index in [1.807, 2.05) is 0 Å². The number of nitrogens with one attached hydrogen (secondary N) is 2. The minimum absolute atomic E-state index is 0.299. The fourth-order valence-electron chi connectivity index (χ4n) is 2.77. The van der Waals surface area contributed by atoms with Crippen LogP contribution in [0.25, 0.3) is 0 Å². The van der Waals surface area contributed by atoms with Crippen molar-refractivity contribution in [1.82, 2.24) is 10.7 Å². The molecule has 4 nitrogen and oxygen atoms in total. The van der Waals surface area contributed by atoms with Crippen LogP contribution < -0.4 is 10.7 Å². The Morgan fingerprint density at radius 3 is 3.14 bits per heavy atom. The summed E-state index contributed by atoms with van der Waals surface area (Å²) < 4.78 is 5.56. The van der Waals surface area contributed by atoms with Crippen LogP contribution in [0, 0.1) is 0 Å². The molecule has 1 atom stereocenters. The first-order valence-corrected chi connectivity index (χ1v) is 8.62. The number of hydrazone groups is 1. The van der Waals surface area contributed by atoms with Crippen LogP contribution in [0.1, 0.15) is 58.3 Å². The second kappa shape index (κ2) is 9.15. The molecular weight excluding hydrogens is 282 g/mol. The van der Waals surface area contributed by atoms with Crippen molar-refractivity contribution in [2.24, 2.45) is 5.10 Å². The Morgan fingerprint density at radius 1 is 1.48 bits per heavy atom. The lowest BCUT2D eigenvalue weighted by molar-refractivity contribution is 0.114. The molecule has 1 heterocycles. The lowest BCUT2D eigenvalue weighted by Gasteiger charge is -2.12. The zero-order valence-corrected chi connectivity index (χ0v) is 13.8. The van der Waals surface area contributed by atoms with Crippen LogP contribution in [0.15, 0.2) is 16.8 Å². The zero-order chi connectivity index (χ0) is 14.9. The van der Waals surface area contributed by atoms with E-state index in [-0.39, 0.29) is 0 Å². The number of rotatable bonds is 7. The number of allylic oxidation sites excluding steroid dienone is 2. The molecule has 0 spiro atoms. The Labute approximate surface area is 133 Å². The second-order valence-corrected chi connectivity index (χ2v) is 6.15. The van der Waals surface area contributed by atoms with Gasteiger partial charge in [0.25, 0.3) is 0 Å². The summed E-state index contributed by atoms with van der Waals surface area (Å²) in [4.78, 5) is 0. The van der Waals surface area contributed by atoms with E-state index in [9.17, 15) is 0 Å². The van der Waals surface area contributed by atoms with E-state index in [2.05, 4.69) is 28.8 Å². The van der Waals surface area contributed by atoms with Crippen LogP contribution in [-0.4, -0.2) is 30.1 Å². The Kier molecular flexibility index (Phi) is 7.16. The van der Waals surface area contributed by atoms with Gasteiger partial charge in [0.05, 0.1) is 11.8 Å². The van der Waals surface area contributed by atoms with Gasteiger partial charge in [-0.05, 0) is 56.3 Å². The molecule has 2 rings (SSSR count). The van der Waals surface area contributed by atoms with Gasteiger partial charge in [-0.3, -0.25) is 5.43 Å². The third-order valence-electron chi connectivity index (χ3n) is 4.00. The highest BCUT2D eigenvalue weighted by Gasteiger charge is 2.16. The van der Waals surface area contributed by atoms with Crippen molar-refractivity contribution in [1.29, 1.82) is 0 Å². The maximum Gasteiger partial charge on any atom is 0.187 e. The molecule has 0 aromatic carbocycles. The number of nitrogens with zero attached hydrogens (tertiary/aromatic N) is 1. The van der Waals surface area contributed by atoms with Gasteiger partial charge in [0, 0.05) is 13.2 Å². The average molecular weight is 309 g/mol. The molecule has 118 valence electrons. The van der Waals surface area contributed by atoms with E-state index in [0.29, 0.717) is 11.2 Å². The van der Waals surface area contributed by atoms with Gasteiger partial charge in [-0.25, -0.2) is 0 Å². The van der Waals surface area contributed by atoms with Gasteiger partial charge < -0.3 is 10.1 Å². The summed E-state index contributed by atoms with van der Waals surface area (Å²) in [5.41, 5.74) is 5.56. The molecule has 1 saturated heterocycles. The highest BCUT2D eigenvalue weighted by molar-refractivity contribution is 7.80. The van der Waals surface area contributed by atoms with Crippen molar-refractivity contribution in [3.63, 3.8) is 0 Å². The molecule has 1 aliphatic carbocycles. The van der Waals surface area contributed by atoms with Gasteiger partial charge in [-0.15, -0.1) is 0 Å². The van der Waals surface area contributed by atoms with Crippen LogP contribution in [0.2, 0.25) is 0 Å². The minimum Gasteiger partial charge on any atom is -0.376 e. The van der Waals surface area contributed by atoms with Gasteiger partial charge in [-0.1, -0.05) is 25.8 Å². The molecule has 0 amide bonds. The van der Waals surface area contributed by atoms with Gasteiger partial charge in [0.1, 0.15) is 0 Å². The van der Waals surface area contributed by atoms with Gasteiger partial charge in [0.15, 0.2) is 5.11 Å². The van der Waals surface area contributed by atoms with Crippen molar-refractivity contribution in [2.45, 2.75) is 64.4 Å². The molecule has 5 heteroatoms. The van der Waals surface area contributed by atoms with Crippen molar-refractivity contribution < 1.29 is 4.74 Å². The third kappa shape index (κ3) is 5.75. The second-order valence-electron chi connectivity index (χ2n) is 5.74. The van der Waals surface area contributed by atoms with Crippen LogP contribution in [0.4, 0.5) is 0 Å². The number of unbranched alkanes of at least 4 members (excludes halogenated alkanes) is 2. The molecule has 0 saturated carbocycles. The SMILES string of the molecule is CCCCCC1=CCC/C1=N/NC(=S)NC[C@H]1CCCO1. The maximum atomic E-state index is 5.56. The molecule has 0 bridgehead atoms. The van der Waals surface area contributed by atoms with Crippen molar-refractivity contribution >= 4 is 23.0 Å². The first-order valence-electron chi connectivity index (χ1n) is 8.21. The van der Waals surface area contributed by atoms with Gasteiger partial charge in [-0.2, -0.15) is 5.10 Å².